The number of aromatic amines is 1. The van der Waals surface area contributed by atoms with Gasteiger partial charge in [0.25, 0.3) is 5.56 Å². The first-order valence-corrected chi connectivity index (χ1v) is 6.15. The van der Waals surface area contributed by atoms with Gasteiger partial charge in [0.05, 0.1) is 11.4 Å². The van der Waals surface area contributed by atoms with E-state index in [0.29, 0.717) is 5.52 Å². The zero-order valence-corrected chi connectivity index (χ0v) is 11.1. The molecule has 0 saturated carbocycles. The Morgan fingerprint density at radius 2 is 2.00 bits per heavy atom. The van der Waals surface area contributed by atoms with Gasteiger partial charge in [-0.25, -0.2) is 9.78 Å². The van der Waals surface area contributed by atoms with Gasteiger partial charge in [-0.1, -0.05) is 15.9 Å². The second-order valence-corrected chi connectivity index (χ2v) is 4.87. The summed E-state index contributed by atoms with van der Waals surface area (Å²) in [5, 5.41) is 11.4. The lowest BCUT2D eigenvalue weighted by molar-refractivity contribution is 0.890. The van der Waals surface area contributed by atoms with E-state index in [1.165, 1.54) is 0 Å². The molecule has 0 atom stereocenters. The van der Waals surface area contributed by atoms with Crippen molar-refractivity contribution in [3.63, 3.8) is 0 Å². The van der Waals surface area contributed by atoms with E-state index in [1.54, 1.807) is 4.68 Å². The highest BCUT2D eigenvalue weighted by atomic mass is 79.9. The van der Waals surface area contributed by atoms with Crippen molar-refractivity contribution >= 4 is 26.8 Å². The van der Waals surface area contributed by atoms with E-state index in [2.05, 4.69) is 31.2 Å². The van der Waals surface area contributed by atoms with Gasteiger partial charge in [-0.05, 0) is 31.2 Å². The molecule has 0 fully saturated rings. The van der Waals surface area contributed by atoms with Crippen molar-refractivity contribution in [2.45, 2.75) is 6.92 Å². The second-order valence-electron chi connectivity index (χ2n) is 3.95. The largest absolute Gasteiger partial charge is 0.292 e. The molecule has 0 aliphatic rings. The van der Waals surface area contributed by atoms with Crippen molar-refractivity contribution in [2.24, 2.45) is 0 Å². The van der Waals surface area contributed by atoms with Crippen LogP contribution in [0, 0.1) is 6.92 Å². The molecule has 1 N–H and O–H groups in total. The van der Waals surface area contributed by atoms with Crippen LogP contribution in [0.5, 0.6) is 0 Å². The highest BCUT2D eigenvalue weighted by Crippen LogP contribution is 2.17. The van der Waals surface area contributed by atoms with Crippen LogP contribution < -0.4 is 5.56 Å². The van der Waals surface area contributed by atoms with Gasteiger partial charge < -0.3 is 0 Å². The van der Waals surface area contributed by atoms with Crippen molar-refractivity contribution in [2.75, 3.05) is 0 Å². The molecule has 0 amide bonds. The van der Waals surface area contributed by atoms with Gasteiger partial charge in [-0.2, -0.15) is 10.2 Å². The van der Waals surface area contributed by atoms with Gasteiger partial charge in [-0.3, -0.25) is 4.79 Å². The summed E-state index contributed by atoms with van der Waals surface area (Å²) >= 11 is 3.38. The predicted molar refractivity (Wildman–Crippen MR) is 71.9 cm³/mol. The Balaban J connectivity index is 2.25. The molecular formula is C12H9BrN4O. The minimum absolute atomic E-state index is 0.272. The first kappa shape index (κ1) is 11.2. The van der Waals surface area contributed by atoms with E-state index >= 15 is 0 Å². The Morgan fingerprint density at radius 3 is 2.67 bits per heavy atom. The van der Waals surface area contributed by atoms with Gasteiger partial charge in [-0.15, -0.1) is 0 Å². The topological polar surface area (TPSA) is 63.6 Å². The van der Waals surface area contributed by atoms with E-state index in [4.69, 9.17) is 0 Å². The Bertz CT molecular complexity index is 773. The third kappa shape index (κ3) is 1.74. The minimum atomic E-state index is -0.272. The predicted octanol–water partition coefficient (Wildman–Crippen LogP) is 2.18. The number of hydrogen-bond donors (Lipinski definition) is 1. The average Bonchev–Trinajstić information content (AvgIpc) is 2.81. The molecule has 18 heavy (non-hydrogen) atoms. The quantitative estimate of drug-likeness (QED) is 0.749. The fraction of sp³-hybridized carbons (Fsp3) is 0.0833. The molecule has 0 bridgehead atoms. The number of rotatable bonds is 1. The standard InChI is InChI=1S/C12H9BrN4O/c1-7-10-6-17(9-4-2-8(13)3-5-9)16-11(10)12(18)15-14-7/h2-6H,1H3,(H,15,18). The number of halogens is 1. The molecule has 6 heteroatoms. The molecule has 2 aromatic heterocycles. The average molecular weight is 305 g/mol. The lowest BCUT2D eigenvalue weighted by atomic mass is 10.3. The number of benzene rings is 1. The summed E-state index contributed by atoms with van der Waals surface area (Å²) in [6.07, 6.45) is 1.82. The van der Waals surface area contributed by atoms with Gasteiger partial charge in [0, 0.05) is 16.1 Å². The number of nitrogens with one attached hydrogen (secondary N) is 1. The molecule has 3 aromatic rings. The summed E-state index contributed by atoms with van der Waals surface area (Å²) in [7, 11) is 0. The Morgan fingerprint density at radius 1 is 1.28 bits per heavy atom. The van der Waals surface area contributed by atoms with Crippen LogP contribution in [0.3, 0.4) is 0 Å². The lowest BCUT2D eigenvalue weighted by Gasteiger charge is -1.99. The molecule has 2 heterocycles. The summed E-state index contributed by atoms with van der Waals surface area (Å²) in [6.45, 7) is 1.84. The Labute approximate surface area is 111 Å². The van der Waals surface area contributed by atoms with Gasteiger partial charge in [0.2, 0.25) is 0 Å². The van der Waals surface area contributed by atoms with Crippen molar-refractivity contribution < 1.29 is 0 Å². The van der Waals surface area contributed by atoms with E-state index in [-0.39, 0.29) is 5.56 Å². The summed E-state index contributed by atoms with van der Waals surface area (Å²) in [6, 6.07) is 7.70. The minimum Gasteiger partial charge on any atom is -0.265 e. The number of aromatic nitrogens is 4. The number of nitrogens with zero attached hydrogens (tertiary/aromatic N) is 3. The van der Waals surface area contributed by atoms with E-state index < -0.39 is 0 Å². The monoisotopic (exact) mass is 304 g/mol. The first-order chi connectivity index (χ1) is 8.65. The maximum absolute atomic E-state index is 11.6. The SMILES string of the molecule is Cc1n[nH]c(=O)c2nn(-c3ccc(Br)cc3)cc12. The Kier molecular flexibility index (Phi) is 2.52. The first-order valence-electron chi connectivity index (χ1n) is 5.36. The van der Waals surface area contributed by atoms with Crippen LogP contribution in [0.2, 0.25) is 0 Å². The van der Waals surface area contributed by atoms with Gasteiger partial charge in [0.15, 0.2) is 5.52 Å². The fourth-order valence-electron chi connectivity index (χ4n) is 1.78. The molecule has 0 spiro atoms. The van der Waals surface area contributed by atoms with E-state index in [0.717, 1.165) is 21.2 Å². The molecule has 90 valence electrons. The molecule has 0 unspecified atom stereocenters. The maximum atomic E-state index is 11.6. The van der Waals surface area contributed by atoms with Crippen LogP contribution in [-0.2, 0) is 0 Å². The Hall–Kier alpha value is -1.95. The van der Waals surface area contributed by atoms with Crippen LogP contribution >= 0.6 is 15.9 Å². The highest BCUT2D eigenvalue weighted by molar-refractivity contribution is 9.10. The number of H-pyrrole nitrogens is 1. The summed E-state index contributed by atoms with van der Waals surface area (Å²) in [4.78, 5) is 11.6. The zero-order chi connectivity index (χ0) is 12.7. The lowest BCUT2D eigenvalue weighted by Crippen LogP contribution is -2.09. The van der Waals surface area contributed by atoms with Crippen LogP contribution in [0.25, 0.3) is 16.6 Å². The van der Waals surface area contributed by atoms with Crippen LogP contribution in [0.15, 0.2) is 39.7 Å². The van der Waals surface area contributed by atoms with Crippen LogP contribution in [-0.4, -0.2) is 20.0 Å². The van der Waals surface area contributed by atoms with Gasteiger partial charge >= 0.3 is 0 Å². The third-order valence-corrected chi connectivity index (χ3v) is 3.26. The molecule has 1 aromatic carbocycles. The smallest absolute Gasteiger partial charge is 0.265 e. The highest BCUT2D eigenvalue weighted by Gasteiger charge is 2.09. The molecule has 3 rings (SSSR count). The van der Waals surface area contributed by atoms with Crippen molar-refractivity contribution in [3.8, 4) is 5.69 Å². The fourth-order valence-corrected chi connectivity index (χ4v) is 2.04. The molecule has 5 nitrogen and oxygen atoms in total. The van der Waals surface area contributed by atoms with Gasteiger partial charge in [0.1, 0.15) is 0 Å². The van der Waals surface area contributed by atoms with Crippen LogP contribution in [0.4, 0.5) is 0 Å². The molecule has 0 aliphatic heterocycles. The van der Waals surface area contributed by atoms with Crippen molar-refractivity contribution in [1.82, 2.24) is 20.0 Å². The number of fused-ring (bicyclic) bond motifs is 1. The normalized spacial score (nSPS) is 11.0. The molecule has 0 radical (unpaired) electrons. The summed E-state index contributed by atoms with van der Waals surface area (Å²) < 4.78 is 2.68. The summed E-state index contributed by atoms with van der Waals surface area (Å²) in [5.41, 5.74) is 1.79. The summed E-state index contributed by atoms with van der Waals surface area (Å²) in [5.74, 6) is 0. The number of hydrogen-bond acceptors (Lipinski definition) is 3. The van der Waals surface area contributed by atoms with E-state index in [1.807, 2.05) is 37.4 Å². The van der Waals surface area contributed by atoms with Crippen molar-refractivity contribution in [3.05, 3.63) is 51.0 Å². The van der Waals surface area contributed by atoms with Crippen molar-refractivity contribution in [1.29, 1.82) is 0 Å². The molecule has 0 saturated heterocycles. The third-order valence-electron chi connectivity index (χ3n) is 2.74. The zero-order valence-electron chi connectivity index (χ0n) is 9.51. The van der Waals surface area contributed by atoms with E-state index in [9.17, 15) is 4.79 Å². The molecular weight excluding hydrogens is 296 g/mol. The number of aryl methyl sites for hydroxylation is 1. The molecule has 0 aliphatic carbocycles. The van der Waals surface area contributed by atoms with Crippen LogP contribution in [0.1, 0.15) is 5.69 Å². The maximum Gasteiger partial charge on any atom is 0.292 e. The second kappa shape index (κ2) is 4.06.